The quantitative estimate of drug-likeness (QED) is 0.567. The Kier molecular flexibility index (Phi) is 5.34. The molecule has 0 spiro atoms. The molecule has 0 fully saturated rings. The average Bonchev–Trinajstić information content (AvgIpc) is 2.63. The molecular weight excluding hydrogens is 308 g/mol. The van der Waals surface area contributed by atoms with Gasteiger partial charge in [-0.1, -0.05) is 32.0 Å². The summed E-state index contributed by atoms with van der Waals surface area (Å²) in [5, 5.41) is 0. The molecule has 0 radical (unpaired) electrons. The molecule has 0 atom stereocenters. The van der Waals surface area contributed by atoms with Gasteiger partial charge >= 0.3 is 0 Å². The van der Waals surface area contributed by atoms with E-state index in [1.54, 1.807) is 6.20 Å². The zero-order valence-electron chi connectivity index (χ0n) is 15.0. The summed E-state index contributed by atoms with van der Waals surface area (Å²) in [6.45, 7) is 4.49. The molecule has 0 aliphatic rings. The lowest BCUT2D eigenvalue weighted by molar-refractivity contribution is 0.463. The maximum absolute atomic E-state index is 5.74. The van der Waals surface area contributed by atoms with Gasteiger partial charge in [-0.25, -0.2) is 4.98 Å². The monoisotopic (exact) mass is 332 g/mol. The molecule has 3 heteroatoms. The summed E-state index contributed by atoms with van der Waals surface area (Å²) < 4.78 is 5.74. The largest absolute Gasteiger partial charge is 0.439 e. The van der Waals surface area contributed by atoms with E-state index in [4.69, 9.17) is 4.74 Å². The van der Waals surface area contributed by atoms with Gasteiger partial charge in [0.2, 0.25) is 5.88 Å². The summed E-state index contributed by atoms with van der Waals surface area (Å²) in [5.41, 5.74) is 3.67. The number of pyridine rings is 1. The van der Waals surface area contributed by atoms with E-state index in [-0.39, 0.29) is 0 Å². The van der Waals surface area contributed by atoms with Gasteiger partial charge in [0.1, 0.15) is 5.75 Å². The molecule has 3 nitrogen and oxygen atoms in total. The topological polar surface area (TPSA) is 25.4 Å². The van der Waals surface area contributed by atoms with Crippen LogP contribution in [0, 0.1) is 5.92 Å². The summed E-state index contributed by atoms with van der Waals surface area (Å²) in [7, 11) is 2.08. The predicted octanol–water partition coefficient (Wildman–Crippen LogP) is 5.84. The first-order valence-corrected chi connectivity index (χ1v) is 8.63. The second-order valence-corrected chi connectivity index (χ2v) is 6.59. The molecule has 0 saturated carbocycles. The van der Waals surface area contributed by atoms with Crippen LogP contribution in [0.1, 0.15) is 19.4 Å². The molecule has 0 unspecified atom stereocenters. The lowest BCUT2D eigenvalue weighted by atomic mass is 10.0. The van der Waals surface area contributed by atoms with Crippen molar-refractivity contribution >= 4 is 11.4 Å². The minimum Gasteiger partial charge on any atom is -0.439 e. The second kappa shape index (κ2) is 7.84. The SMILES string of the molecule is CC(C)Cc1ccc(N(C)c2ccc(Oc3ccccn3)cc2)cc1. The van der Waals surface area contributed by atoms with Gasteiger partial charge in [-0.05, 0) is 60.4 Å². The molecule has 0 N–H and O–H groups in total. The molecule has 1 aromatic heterocycles. The van der Waals surface area contributed by atoms with E-state index in [9.17, 15) is 0 Å². The van der Waals surface area contributed by atoms with E-state index in [1.807, 2.05) is 30.3 Å². The Bertz CT molecular complexity index is 781. The van der Waals surface area contributed by atoms with Crippen LogP contribution in [0.25, 0.3) is 0 Å². The molecule has 0 aliphatic carbocycles. The highest BCUT2D eigenvalue weighted by Gasteiger charge is 2.06. The van der Waals surface area contributed by atoms with Crippen LogP contribution in [0.15, 0.2) is 72.9 Å². The molecule has 0 bridgehead atoms. The molecule has 128 valence electrons. The van der Waals surface area contributed by atoms with Crippen LogP contribution in [0.4, 0.5) is 11.4 Å². The van der Waals surface area contributed by atoms with Crippen molar-refractivity contribution in [1.82, 2.24) is 4.98 Å². The number of aromatic nitrogens is 1. The minimum atomic E-state index is 0.601. The Balaban J connectivity index is 1.69. The fraction of sp³-hybridized carbons (Fsp3) is 0.227. The molecule has 3 aromatic rings. The van der Waals surface area contributed by atoms with Crippen LogP contribution in [-0.2, 0) is 6.42 Å². The van der Waals surface area contributed by atoms with Gasteiger partial charge in [-0.3, -0.25) is 0 Å². The van der Waals surface area contributed by atoms with Crippen molar-refractivity contribution in [3.63, 3.8) is 0 Å². The zero-order chi connectivity index (χ0) is 17.6. The molecular formula is C22H24N2O. The Hall–Kier alpha value is -2.81. The van der Waals surface area contributed by atoms with Crippen LogP contribution in [0.2, 0.25) is 0 Å². The number of rotatable bonds is 6. The van der Waals surface area contributed by atoms with Crippen LogP contribution in [0.3, 0.4) is 0 Å². The molecule has 25 heavy (non-hydrogen) atoms. The standard InChI is InChI=1S/C22H24N2O/c1-17(2)16-18-7-9-19(10-8-18)24(3)20-11-13-21(14-12-20)25-22-6-4-5-15-23-22/h4-15,17H,16H2,1-3H3. The number of ether oxygens (including phenoxy) is 1. The lowest BCUT2D eigenvalue weighted by Gasteiger charge is -2.20. The maximum atomic E-state index is 5.74. The van der Waals surface area contributed by atoms with Crippen LogP contribution >= 0.6 is 0 Å². The third-order valence-corrected chi connectivity index (χ3v) is 4.05. The molecule has 0 amide bonds. The summed E-state index contributed by atoms with van der Waals surface area (Å²) in [6, 6.07) is 22.5. The van der Waals surface area contributed by atoms with Gasteiger partial charge in [0.25, 0.3) is 0 Å². The normalized spacial score (nSPS) is 10.7. The van der Waals surface area contributed by atoms with Crippen LogP contribution in [-0.4, -0.2) is 12.0 Å². The Morgan fingerprint density at radius 1 is 0.880 bits per heavy atom. The van der Waals surface area contributed by atoms with E-state index in [0.29, 0.717) is 11.8 Å². The fourth-order valence-electron chi connectivity index (χ4n) is 2.74. The van der Waals surface area contributed by atoms with E-state index in [2.05, 4.69) is 67.2 Å². The second-order valence-electron chi connectivity index (χ2n) is 6.59. The molecule has 1 heterocycles. The number of benzene rings is 2. The van der Waals surface area contributed by atoms with Gasteiger partial charge in [0, 0.05) is 30.7 Å². The van der Waals surface area contributed by atoms with Crippen LogP contribution in [0.5, 0.6) is 11.6 Å². The first kappa shape index (κ1) is 17.0. The van der Waals surface area contributed by atoms with E-state index in [1.165, 1.54) is 11.3 Å². The van der Waals surface area contributed by atoms with Crippen molar-refractivity contribution < 1.29 is 4.74 Å². The number of hydrogen-bond acceptors (Lipinski definition) is 3. The zero-order valence-corrected chi connectivity index (χ0v) is 15.0. The Labute approximate surface area is 149 Å². The first-order valence-electron chi connectivity index (χ1n) is 8.63. The third-order valence-electron chi connectivity index (χ3n) is 4.05. The summed E-state index contributed by atoms with van der Waals surface area (Å²) in [6.07, 6.45) is 2.84. The van der Waals surface area contributed by atoms with E-state index in [0.717, 1.165) is 17.9 Å². The molecule has 0 aliphatic heterocycles. The van der Waals surface area contributed by atoms with Crippen molar-refractivity contribution in [3.05, 3.63) is 78.5 Å². The highest BCUT2D eigenvalue weighted by Crippen LogP contribution is 2.27. The van der Waals surface area contributed by atoms with Crippen LogP contribution < -0.4 is 9.64 Å². The van der Waals surface area contributed by atoms with Gasteiger partial charge in [0.15, 0.2) is 0 Å². The van der Waals surface area contributed by atoms with Crippen molar-refractivity contribution in [1.29, 1.82) is 0 Å². The van der Waals surface area contributed by atoms with Gasteiger partial charge in [0.05, 0.1) is 0 Å². The number of nitrogens with zero attached hydrogens (tertiary/aromatic N) is 2. The Morgan fingerprint density at radius 3 is 2.08 bits per heavy atom. The molecule has 0 saturated heterocycles. The predicted molar refractivity (Wildman–Crippen MR) is 104 cm³/mol. The van der Waals surface area contributed by atoms with Gasteiger partial charge in [-0.2, -0.15) is 0 Å². The lowest BCUT2D eigenvalue weighted by Crippen LogP contribution is -2.09. The van der Waals surface area contributed by atoms with Crippen molar-refractivity contribution in [3.8, 4) is 11.6 Å². The summed E-state index contributed by atoms with van der Waals surface area (Å²) in [4.78, 5) is 6.35. The highest BCUT2D eigenvalue weighted by molar-refractivity contribution is 5.63. The van der Waals surface area contributed by atoms with Crippen molar-refractivity contribution in [2.24, 2.45) is 5.92 Å². The van der Waals surface area contributed by atoms with Crippen molar-refractivity contribution in [2.45, 2.75) is 20.3 Å². The fourth-order valence-corrected chi connectivity index (χ4v) is 2.74. The van der Waals surface area contributed by atoms with Crippen molar-refractivity contribution in [2.75, 3.05) is 11.9 Å². The number of anilines is 2. The van der Waals surface area contributed by atoms with E-state index >= 15 is 0 Å². The first-order chi connectivity index (χ1) is 12.1. The highest BCUT2D eigenvalue weighted by atomic mass is 16.5. The molecule has 3 rings (SSSR count). The van der Waals surface area contributed by atoms with Gasteiger partial charge in [-0.15, -0.1) is 0 Å². The van der Waals surface area contributed by atoms with E-state index < -0.39 is 0 Å². The Morgan fingerprint density at radius 2 is 1.52 bits per heavy atom. The molecule has 2 aromatic carbocycles. The number of hydrogen-bond donors (Lipinski definition) is 0. The minimum absolute atomic E-state index is 0.601. The third kappa shape index (κ3) is 4.60. The average molecular weight is 332 g/mol. The summed E-state index contributed by atoms with van der Waals surface area (Å²) in [5.74, 6) is 2.06. The summed E-state index contributed by atoms with van der Waals surface area (Å²) >= 11 is 0. The smallest absolute Gasteiger partial charge is 0.219 e. The van der Waals surface area contributed by atoms with Gasteiger partial charge < -0.3 is 9.64 Å². The maximum Gasteiger partial charge on any atom is 0.219 e.